The molecule has 0 amide bonds. The van der Waals surface area contributed by atoms with Gasteiger partial charge in [0.1, 0.15) is 62.6 Å². The molecule has 2 aromatic heterocycles. The molecule has 0 aliphatic carbocycles. The molecule has 0 saturated carbocycles. The number of phenols is 4. The van der Waals surface area contributed by atoms with Gasteiger partial charge in [0.05, 0.1) is 16.1 Å². The first-order valence-corrected chi connectivity index (χ1v) is 22.0. The van der Waals surface area contributed by atoms with Gasteiger partial charge >= 0.3 is 5.97 Å². The Kier molecular flexibility index (Phi) is 15.9. The molecule has 4 heterocycles. The zero-order valence-electron chi connectivity index (χ0n) is 36.0. The molecule has 14 nitrogen and oxygen atoms in total. The lowest BCUT2D eigenvalue weighted by molar-refractivity contribution is -0.152. The average molecular weight is 952 g/mol. The molecule has 5 N–H and O–H groups in total. The fourth-order valence-electron chi connectivity index (χ4n) is 8.15. The van der Waals surface area contributed by atoms with Crippen molar-refractivity contribution < 1.29 is 48.7 Å². The molecule has 2 aliphatic heterocycles. The van der Waals surface area contributed by atoms with Gasteiger partial charge in [0.25, 0.3) is 0 Å². The molecule has 6 aromatic rings. The van der Waals surface area contributed by atoms with E-state index in [0.717, 1.165) is 18.7 Å². The summed E-state index contributed by atoms with van der Waals surface area (Å²) < 4.78 is 17.8. The van der Waals surface area contributed by atoms with Crippen LogP contribution in [-0.2, 0) is 14.3 Å². The SMILES string of the molecule is CCC(=O)Cl.CCC(=O)O[C@@H]1CN(C)CC[C@@H]1c1c(O)cc(O)c2c(=O)cc(-c3ccccc3Cl)oc12.CN1CC[C@H](c2c(O)cc(O)c3c(=O)cc(-c4ccccc4Cl)oc23)[C@H](O)C1. The predicted molar refractivity (Wildman–Crippen MR) is 250 cm³/mol. The zero-order chi connectivity index (χ0) is 47.3. The third-order valence-electron chi connectivity index (χ3n) is 11.4. The van der Waals surface area contributed by atoms with Crippen LogP contribution < -0.4 is 10.9 Å². The number of aliphatic hydroxyl groups excluding tert-OH is 1. The highest BCUT2D eigenvalue weighted by Crippen LogP contribution is 2.45. The Bertz CT molecular complexity index is 2850. The first-order valence-electron chi connectivity index (χ1n) is 20.9. The van der Waals surface area contributed by atoms with Crippen molar-refractivity contribution in [2.75, 3.05) is 40.3 Å². The number of rotatable bonds is 7. The zero-order valence-corrected chi connectivity index (χ0v) is 38.3. The van der Waals surface area contributed by atoms with E-state index in [1.54, 1.807) is 62.4 Å². The van der Waals surface area contributed by atoms with Crippen molar-refractivity contribution >= 4 is 68.0 Å². The molecule has 2 fully saturated rings. The van der Waals surface area contributed by atoms with Gasteiger partial charge in [-0.2, -0.15) is 0 Å². The second-order valence-electron chi connectivity index (χ2n) is 15.9. The molecule has 65 heavy (non-hydrogen) atoms. The van der Waals surface area contributed by atoms with E-state index in [1.807, 2.05) is 23.9 Å². The number of likely N-dealkylation sites (N-methyl/N-ethyl adjacent to an activating group) is 2. The lowest BCUT2D eigenvalue weighted by Gasteiger charge is -2.36. The molecule has 17 heteroatoms. The molecule has 0 spiro atoms. The second kappa shape index (κ2) is 21.1. The number of ether oxygens (including phenoxy) is 1. The highest BCUT2D eigenvalue weighted by atomic mass is 35.5. The van der Waals surface area contributed by atoms with Crippen LogP contribution in [-0.4, -0.2) is 99.0 Å². The number of benzene rings is 4. The summed E-state index contributed by atoms with van der Waals surface area (Å²) in [6, 6.07) is 18.7. The van der Waals surface area contributed by atoms with Gasteiger partial charge in [-0.15, -0.1) is 0 Å². The third kappa shape index (κ3) is 10.9. The van der Waals surface area contributed by atoms with Crippen molar-refractivity contribution in [3.05, 3.63) is 114 Å². The fourth-order valence-corrected chi connectivity index (χ4v) is 8.60. The number of phenolic OH excluding ortho intramolecular Hbond substituents is 4. The minimum atomic E-state index is -0.744. The van der Waals surface area contributed by atoms with Crippen LogP contribution in [0.5, 0.6) is 23.0 Å². The van der Waals surface area contributed by atoms with Gasteiger partial charge in [0, 0.05) is 84.3 Å². The normalized spacial score (nSPS) is 18.9. The van der Waals surface area contributed by atoms with Gasteiger partial charge < -0.3 is 48.9 Å². The molecule has 2 aliphatic rings. The molecule has 4 aromatic carbocycles. The van der Waals surface area contributed by atoms with Crippen LogP contribution >= 0.6 is 34.8 Å². The van der Waals surface area contributed by atoms with E-state index >= 15 is 0 Å². The van der Waals surface area contributed by atoms with Crippen molar-refractivity contribution in [2.24, 2.45) is 0 Å². The highest BCUT2D eigenvalue weighted by Gasteiger charge is 2.37. The first-order chi connectivity index (χ1) is 30.9. The summed E-state index contributed by atoms with van der Waals surface area (Å²) in [6.07, 6.45) is 0.500. The van der Waals surface area contributed by atoms with Gasteiger partial charge in [0.15, 0.2) is 10.9 Å². The van der Waals surface area contributed by atoms with E-state index in [9.17, 15) is 44.7 Å². The lowest BCUT2D eigenvalue weighted by Crippen LogP contribution is -2.43. The number of likely N-dealkylation sites (tertiary alicyclic amines) is 2. The molecule has 0 unspecified atom stereocenters. The number of piperidine rings is 2. The van der Waals surface area contributed by atoms with Crippen LogP contribution in [0.1, 0.15) is 62.5 Å². The van der Waals surface area contributed by atoms with Gasteiger partial charge in [-0.3, -0.25) is 19.2 Å². The van der Waals surface area contributed by atoms with Crippen molar-refractivity contribution in [3.8, 4) is 45.6 Å². The van der Waals surface area contributed by atoms with E-state index < -0.39 is 34.9 Å². The summed E-state index contributed by atoms with van der Waals surface area (Å²) in [4.78, 5) is 51.4. The monoisotopic (exact) mass is 950 g/mol. The maximum atomic E-state index is 13.0. The van der Waals surface area contributed by atoms with E-state index in [1.165, 1.54) is 12.1 Å². The molecule has 344 valence electrons. The van der Waals surface area contributed by atoms with Gasteiger partial charge in [0.2, 0.25) is 5.24 Å². The molecular formula is C48H49Cl3N2O12. The number of nitrogens with zero attached hydrogens (tertiary/aromatic N) is 2. The maximum Gasteiger partial charge on any atom is 0.305 e. The molecule has 0 bridgehead atoms. The number of β-amino-alcohol motifs (C(OH)–C–C–N with tert-alkyl or cyclic N) is 1. The Morgan fingerprint density at radius 1 is 0.677 bits per heavy atom. The maximum absolute atomic E-state index is 13.0. The standard InChI is InChI=1S/C24H24ClNO6.C21H20ClNO5.C3H5ClO/c1-3-21(30)31-20-12-26(2)9-8-14(20)22-16(27)10-17(28)23-18(29)11-19(32-24(22)23)13-6-4-5-7-15(13)25;1-23-7-6-12(17(27)10-23)19-14(24)8-15(25)20-16(26)9-18(28-21(19)20)11-4-2-3-5-13(11)22;1-2-3(4)5/h4-7,10-11,14,20,27-28H,3,8-9,12H2,1-2H3;2-5,8-9,12,17,24-25,27H,6-7,10H2,1H3;2H2,1H3/t14-,20+;12-,17+;/m00./s1. The van der Waals surface area contributed by atoms with E-state index in [0.29, 0.717) is 71.2 Å². The van der Waals surface area contributed by atoms with Crippen LogP contribution in [0.15, 0.2) is 91.2 Å². The largest absolute Gasteiger partial charge is 0.507 e. The molecule has 0 radical (unpaired) electrons. The number of hydrogen-bond donors (Lipinski definition) is 5. The van der Waals surface area contributed by atoms with Crippen molar-refractivity contribution in [1.29, 1.82) is 0 Å². The topological polar surface area (TPSA) is 211 Å². The van der Waals surface area contributed by atoms with E-state index in [2.05, 4.69) is 0 Å². The number of halogens is 3. The average Bonchev–Trinajstić information content (AvgIpc) is 3.25. The first kappa shape index (κ1) is 48.8. The van der Waals surface area contributed by atoms with E-state index in [4.69, 9.17) is 48.4 Å². The number of hydrogen-bond acceptors (Lipinski definition) is 14. The molecular weight excluding hydrogens is 903 g/mol. The minimum absolute atomic E-state index is 0.0188. The number of carbonyl (C=O) groups excluding carboxylic acids is 2. The summed E-state index contributed by atoms with van der Waals surface area (Å²) in [5.74, 6) is -1.92. The Balaban J connectivity index is 0.000000197. The van der Waals surface area contributed by atoms with Crippen molar-refractivity contribution in [1.82, 2.24) is 9.80 Å². The quantitative estimate of drug-likeness (QED) is 0.0749. The minimum Gasteiger partial charge on any atom is -0.507 e. The van der Waals surface area contributed by atoms with E-state index in [-0.39, 0.29) is 74.1 Å². The number of aromatic hydroxyl groups is 4. The summed E-state index contributed by atoms with van der Waals surface area (Å²) >= 11 is 17.4. The van der Waals surface area contributed by atoms with Crippen LogP contribution in [0.3, 0.4) is 0 Å². The summed E-state index contributed by atoms with van der Waals surface area (Å²) in [7, 11) is 3.83. The third-order valence-corrected chi connectivity index (χ3v) is 12.3. The second-order valence-corrected chi connectivity index (χ2v) is 17.2. The highest BCUT2D eigenvalue weighted by molar-refractivity contribution is 6.63. The Labute approximate surface area is 388 Å². The van der Waals surface area contributed by atoms with Crippen LogP contribution in [0.2, 0.25) is 10.0 Å². The Morgan fingerprint density at radius 2 is 1.11 bits per heavy atom. The predicted octanol–water partition coefficient (Wildman–Crippen LogP) is 8.73. The number of aliphatic hydroxyl groups is 1. The molecule has 8 rings (SSSR count). The Hall–Kier alpha value is -5.61. The lowest BCUT2D eigenvalue weighted by atomic mass is 9.85. The summed E-state index contributed by atoms with van der Waals surface area (Å²) in [5.41, 5.74) is 0.947. The number of esters is 1. The number of carbonyl (C=O) groups is 2. The van der Waals surface area contributed by atoms with Crippen LogP contribution in [0.4, 0.5) is 0 Å². The molecule has 4 atom stereocenters. The summed E-state index contributed by atoms with van der Waals surface area (Å²) in [6.45, 7) is 5.74. The fraction of sp³-hybridized carbons (Fsp3) is 0.333. The molecule has 2 saturated heterocycles. The van der Waals surface area contributed by atoms with Gasteiger partial charge in [-0.1, -0.05) is 61.3 Å². The van der Waals surface area contributed by atoms with Crippen molar-refractivity contribution in [3.63, 3.8) is 0 Å². The van der Waals surface area contributed by atoms with Crippen molar-refractivity contribution in [2.45, 2.75) is 63.6 Å². The van der Waals surface area contributed by atoms with Crippen LogP contribution in [0.25, 0.3) is 44.6 Å². The van der Waals surface area contributed by atoms with Gasteiger partial charge in [-0.05, 0) is 75.9 Å². The van der Waals surface area contributed by atoms with Crippen LogP contribution in [0, 0.1) is 0 Å². The van der Waals surface area contributed by atoms with Gasteiger partial charge in [-0.25, -0.2) is 0 Å². The summed E-state index contributed by atoms with van der Waals surface area (Å²) in [5, 5.41) is 53.1. The smallest absolute Gasteiger partial charge is 0.305 e. The Morgan fingerprint density at radius 3 is 1.54 bits per heavy atom. The number of fused-ring (bicyclic) bond motifs is 2.